The zero-order chi connectivity index (χ0) is 15.8. The van der Waals surface area contributed by atoms with E-state index in [0.717, 1.165) is 29.1 Å². The molecule has 6 nitrogen and oxygen atoms in total. The molecule has 0 radical (unpaired) electrons. The number of nitrogens with one attached hydrogen (secondary N) is 2. The fourth-order valence-corrected chi connectivity index (χ4v) is 3.59. The first-order valence-corrected chi connectivity index (χ1v) is 8.51. The monoisotopic (exact) mass is 347 g/mol. The predicted molar refractivity (Wildman–Crippen MR) is 88.6 cm³/mol. The molecule has 8 heteroatoms. The first-order chi connectivity index (χ1) is 11.2. The minimum atomic E-state index is -0.142. The molecule has 0 aromatic carbocycles. The molecule has 0 bridgehead atoms. The van der Waals surface area contributed by atoms with Crippen LogP contribution in [-0.2, 0) is 6.54 Å². The van der Waals surface area contributed by atoms with Crippen molar-refractivity contribution < 1.29 is 4.79 Å². The Morgan fingerprint density at radius 2 is 2.30 bits per heavy atom. The number of hydrogen-bond acceptors (Lipinski definition) is 4. The Kier molecular flexibility index (Phi) is 3.66. The summed E-state index contributed by atoms with van der Waals surface area (Å²) in [5.74, 6) is 0.647. The number of aromatic amines is 1. The quantitative estimate of drug-likeness (QED) is 0.743. The predicted octanol–water partition coefficient (Wildman–Crippen LogP) is 3.25. The Morgan fingerprint density at radius 3 is 3.04 bits per heavy atom. The molecule has 2 N–H and O–H groups in total. The molecule has 0 unspecified atom stereocenters. The standard InChI is InChI=1S/C15H14ClN5OS/c16-13-4-3-12(23-13)10-5-17-6-11(10)15(22)18-7-14-20-19-8-21(14)9-1-2-9/h3-6,8-9,17H,1-2,7H2,(H,18,22). The van der Waals surface area contributed by atoms with Gasteiger partial charge in [-0.1, -0.05) is 11.6 Å². The molecule has 0 aliphatic heterocycles. The molecule has 0 atom stereocenters. The van der Waals surface area contributed by atoms with Crippen LogP contribution in [0, 0.1) is 0 Å². The van der Waals surface area contributed by atoms with Crippen molar-refractivity contribution in [2.24, 2.45) is 0 Å². The highest BCUT2D eigenvalue weighted by Gasteiger charge is 2.26. The lowest BCUT2D eigenvalue weighted by atomic mass is 10.1. The van der Waals surface area contributed by atoms with Gasteiger partial charge in [-0.25, -0.2) is 0 Å². The Labute approximate surface area is 141 Å². The van der Waals surface area contributed by atoms with Gasteiger partial charge in [0.1, 0.15) is 6.33 Å². The average Bonchev–Trinajstić information content (AvgIpc) is 2.95. The van der Waals surface area contributed by atoms with Crippen LogP contribution in [0.4, 0.5) is 0 Å². The molecule has 3 aromatic rings. The van der Waals surface area contributed by atoms with Gasteiger partial charge in [0.15, 0.2) is 5.82 Å². The third kappa shape index (κ3) is 2.89. The SMILES string of the molecule is O=C(NCc1nncn1C1CC1)c1c[nH]cc1-c1ccc(Cl)s1. The molecule has 1 saturated carbocycles. The minimum absolute atomic E-state index is 0.142. The Bertz CT molecular complexity index is 848. The molecule has 1 fully saturated rings. The summed E-state index contributed by atoms with van der Waals surface area (Å²) >= 11 is 7.43. The molecule has 118 valence electrons. The molecular formula is C15H14ClN5OS. The highest BCUT2D eigenvalue weighted by atomic mass is 35.5. The van der Waals surface area contributed by atoms with Gasteiger partial charge in [0.2, 0.25) is 0 Å². The molecule has 1 aliphatic carbocycles. The topological polar surface area (TPSA) is 75.6 Å². The molecule has 4 rings (SSSR count). The molecule has 3 heterocycles. The van der Waals surface area contributed by atoms with Crippen molar-refractivity contribution in [2.75, 3.05) is 0 Å². The van der Waals surface area contributed by atoms with Crippen molar-refractivity contribution in [1.29, 1.82) is 0 Å². The maximum Gasteiger partial charge on any atom is 0.253 e. The number of carbonyl (C=O) groups is 1. The van der Waals surface area contributed by atoms with E-state index in [1.54, 1.807) is 12.5 Å². The van der Waals surface area contributed by atoms with E-state index >= 15 is 0 Å². The zero-order valence-electron chi connectivity index (χ0n) is 12.1. The normalized spacial score (nSPS) is 14.1. The number of aromatic nitrogens is 4. The van der Waals surface area contributed by atoms with Gasteiger partial charge in [-0.3, -0.25) is 4.79 Å². The van der Waals surface area contributed by atoms with Gasteiger partial charge < -0.3 is 14.9 Å². The van der Waals surface area contributed by atoms with Crippen molar-refractivity contribution in [3.63, 3.8) is 0 Å². The number of carbonyl (C=O) groups excluding carboxylic acids is 1. The van der Waals surface area contributed by atoms with E-state index in [0.29, 0.717) is 22.5 Å². The number of rotatable bonds is 5. The number of H-pyrrole nitrogens is 1. The fourth-order valence-electron chi connectivity index (χ4n) is 2.52. The molecule has 1 aliphatic rings. The summed E-state index contributed by atoms with van der Waals surface area (Å²) in [6.45, 7) is 0.366. The van der Waals surface area contributed by atoms with Crippen molar-refractivity contribution in [3.05, 3.63) is 46.6 Å². The highest BCUT2D eigenvalue weighted by molar-refractivity contribution is 7.19. The number of amides is 1. The molecule has 0 spiro atoms. The van der Waals surface area contributed by atoms with E-state index in [1.165, 1.54) is 11.3 Å². The number of halogens is 1. The van der Waals surface area contributed by atoms with Gasteiger partial charge in [-0.2, -0.15) is 0 Å². The van der Waals surface area contributed by atoms with Gasteiger partial charge in [0.05, 0.1) is 16.4 Å². The van der Waals surface area contributed by atoms with E-state index in [2.05, 4.69) is 20.5 Å². The molecule has 0 saturated heterocycles. The Hall–Kier alpha value is -2.12. The fraction of sp³-hybridized carbons (Fsp3) is 0.267. The zero-order valence-corrected chi connectivity index (χ0v) is 13.7. The van der Waals surface area contributed by atoms with Crippen LogP contribution in [0.1, 0.15) is 35.1 Å². The Balaban J connectivity index is 1.49. The van der Waals surface area contributed by atoms with Gasteiger partial charge in [-0.05, 0) is 25.0 Å². The highest BCUT2D eigenvalue weighted by Crippen LogP contribution is 2.35. The molecular weight excluding hydrogens is 334 g/mol. The molecule has 3 aromatic heterocycles. The number of thiophene rings is 1. The second-order valence-corrected chi connectivity index (χ2v) is 7.17. The lowest BCUT2D eigenvalue weighted by Gasteiger charge is -2.07. The third-order valence-corrected chi connectivity index (χ3v) is 5.09. The van der Waals surface area contributed by atoms with Crippen molar-refractivity contribution in [2.45, 2.75) is 25.4 Å². The summed E-state index contributed by atoms with van der Waals surface area (Å²) in [5.41, 5.74) is 1.45. The van der Waals surface area contributed by atoms with E-state index in [9.17, 15) is 4.79 Å². The van der Waals surface area contributed by atoms with Crippen LogP contribution in [0.3, 0.4) is 0 Å². The lowest BCUT2D eigenvalue weighted by Crippen LogP contribution is -2.24. The first-order valence-electron chi connectivity index (χ1n) is 7.31. The van der Waals surface area contributed by atoms with Crippen LogP contribution in [0.15, 0.2) is 30.9 Å². The van der Waals surface area contributed by atoms with Crippen LogP contribution in [0.2, 0.25) is 4.34 Å². The number of hydrogen-bond donors (Lipinski definition) is 2. The summed E-state index contributed by atoms with van der Waals surface area (Å²) in [6, 6.07) is 4.23. The van der Waals surface area contributed by atoms with Crippen LogP contribution < -0.4 is 5.32 Å². The third-order valence-electron chi connectivity index (χ3n) is 3.82. The van der Waals surface area contributed by atoms with E-state index in [4.69, 9.17) is 11.6 Å². The van der Waals surface area contributed by atoms with E-state index < -0.39 is 0 Å². The Morgan fingerprint density at radius 1 is 1.43 bits per heavy atom. The van der Waals surface area contributed by atoms with Crippen LogP contribution in [0.25, 0.3) is 10.4 Å². The lowest BCUT2D eigenvalue weighted by molar-refractivity contribution is 0.0950. The van der Waals surface area contributed by atoms with E-state index in [1.807, 2.05) is 22.9 Å². The van der Waals surface area contributed by atoms with Crippen molar-refractivity contribution in [1.82, 2.24) is 25.1 Å². The van der Waals surface area contributed by atoms with Gasteiger partial charge in [0, 0.05) is 28.9 Å². The smallest absolute Gasteiger partial charge is 0.253 e. The van der Waals surface area contributed by atoms with Gasteiger partial charge >= 0.3 is 0 Å². The second-order valence-electron chi connectivity index (χ2n) is 5.45. The summed E-state index contributed by atoms with van der Waals surface area (Å²) in [7, 11) is 0. The average molecular weight is 348 g/mol. The van der Waals surface area contributed by atoms with Crippen LogP contribution >= 0.6 is 22.9 Å². The summed E-state index contributed by atoms with van der Waals surface area (Å²) in [4.78, 5) is 16.4. The van der Waals surface area contributed by atoms with Crippen LogP contribution in [-0.4, -0.2) is 25.7 Å². The number of nitrogens with zero attached hydrogens (tertiary/aromatic N) is 3. The molecule has 23 heavy (non-hydrogen) atoms. The van der Waals surface area contributed by atoms with E-state index in [-0.39, 0.29) is 5.91 Å². The minimum Gasteiger partial charge on any atom is -0.366 e. The first kappa shape index (κ1) is 14.5. The van der Waals surface area contributed by atoms with Crippen molar-refractivity contribution in [3.8, 4) is 10.4 Å². The largest absolute Gasteiger partial charge is 0.366 e. The summed E-state index contributed by atoms with van der Waals surface area (Å²) < 4.78 is 2.74. The maximum absolute atomic E-state index is 12.5. The van der Waals surface area contributed by atoms with Crippen LogP contribution in [0.5, 0.6) is 0 Å². The van der Waals surface area contributed by atoms with Crippen molar-refractivity contribution >= 4 is 28.8 Å². The second kappa shape index (κ2) is 5.82. The maximum atomic E-state index is 12.5. The van der Waals surface area contributed by atoms with Gasteiger partial charge in [-0.15, -0.1) is 21.5 Å². The summed E-state index contributed by atoms with van der Waals surface area (Å²) in [6.07, 6.45) is 7.54. The summed E-state index contributed by atoms with van der Waals surface area (Å²) in [5, 5.41) is 10.9. The molecule has 1 amide bonds. The van der Waals surface area contributed by atoms with Gasteiger partial charge in [0.25, 0.3) is 5.91 Å².